The van der Waals surface area contributed by atoms with Gasteiger partial charge < -0.3 is 24.4 Å². The average Bonchev–Trinajstić information content (AvgIpc) is 2.66. The predicted molar refractivity (Wildman–Crippen MR) is 123 cm³/mol. The van der Waals surface area contributed by atoms with Crippen LogP contribution in [0, 0.1) is 22.7 Å². The highest BCUT2D eigenvalue weighted by Gasteiger charge is 2.64. The van der Waals surface area contributed by atoms with Gasteiger partial charge in [0, 0.05) is 38.0 Å². The fourth-order valence-electron chi connectivity index (χ4n) is 7.04. The van der Waals surface area contributed by atoms with E-state index in [2.05, 4.69) is 6.58 Å². The number of fused-ring (bicyclic) bond motifs is 3. The van der Waals surface area contributed by atoms with Crippen molar-refractivity contribution in [1.82, 2.24) is 0 Å². The Morgan fingerprint density at radius 2 is 1.53 bits per heavy atom. The molecule has 34 heavy (non-hydrogen) atoms. The summed E-state index contributed by atoms with van der Waals surface area (Å²) in [4.78, 5) is 37.0. The molecule has 2 bridgehead atoms. The number of hydrogen-bond acceptors (Lipinski definition) is 8. The van der Waals surface area contributed by atoms with Crippen LogP contribution in [0.3, 0.4) is 0 Å². The molecule has 0 aromatic heterocycles. The molecule has 0 spiro atoms. The largest absolute Gasteiger partial charge is 0.461 e. The summed E-state index contributed by atoms with van der Waals surface area (Å²) in [5, 5.41) is 22.1. The van der Waals surface area contributed by atoms with Crippen LogP contribution in [0.4, 0.5) is 0 Å². The number of rotatable bonds is 3. The van der Waals surface area contributed by atoms with Gasteiger partial charge in [0.15, 0.2) is 6.10 Å². The fraction of sp³-hybridized carbons (Fsp3) is 0.731. The molecule has 0 radical (unpaired) electrons. The molecule has 0 aromatic rings. The number of esters is 3. The number of carbonyl (C=O) groups excluding carboxylic acids is 3. The van der Waals surface area contributed by atoms with Crippen molar-refractivity contribution in [1.29, 1.82) is 0 Å². The average molecular weight is 479 g/mol. The number of carbonyl (C=O) groups is 3. The Hall–Kier alpha value is -2.19. The third-order valence-corrected chi connectivity index (χ3v) is 8.19. The SMILES string of the molecule is C=C1[C@@H](O)CC[C@@]2(C)[C@@H](OC(C)=O)[C@H](OC(C)=O)C3=C(C)C[C@H](O)[C@@H]([C@@H](OC(C)=O)[C@H]12)C3(C)C. The summed E-state index contributed by atoms with van der Waals surface area (Å²) in [6.45, 7) is 15.7. The van der Waals surface area contributed by atoms with Gasteiger partial charge in [0.25, 0.3) is 0 Å². The molecule has 2 saturated carbocycles. The molecule has 8 nitrogen and oxygen atoms in total. The summed E-state index contributed by atoms with van der Waals surface area (Å²) in [6.07, 6.45) is -3.30. The lowest BCUT2D eigenvalue weighted by molar-refractivity contribution is -0.207. The molecule has 2 N–H and O–H groups in total. The minimum Gasteiger partial charge on any atom is -0.461 e. The standard InChI is InChI=1S/C26H38O8/c1-12-11-18(31)21-22(32-14(3)27)20-13(2)17(30)9-10-26(20,8)24(34-16(5)29)23(33-15(4)28)19(12)25(21,6)7/h17-18,20-24,30-31H,2,9-11H2,1,3-8H3/t17-,18-,20-,21-,22-,23+,24-,26+/m0/s1. The van der Waals surface area contributed by atoms with Crippen molar-refractivity contribution in [3.63, 3.8) is 0 Å². The summed E-state index contributed by atoms with van der Waals surface area (Å²) in [7, 11) is 0. The van der Waals surface area contributed by atoms with Gasteiger partial charge in [0.2, 0.25) is 0 Å². The zero-order chi connectivity index (χ0) is 25.7. The monoisotopic (exact) mass is 478 g/mol. The molecule has 0 saturated heterocycles. The van der Waals surface area contributed by atoms with Crippen LogP contribution < -0.4 is 0 Å². The number of aliphatic hydroxyl groups is 2. The zero-order valence-corrected chi connectivity index (χ0v) is 21.2. The Labute approximate surface area is 201 Å². The second kappa shape index (κ2) is 9.11. The Balaban J connectivity index is 2.40. The highest BCUT2D eigenvalue weighted by molar-refractivity contribution is 5.68. The van der Waals surface area contributed by atoms with Crippen molar-refractivity contribution in [3.05, 3.63) is 23.3 Å². The van der Waals surface area contributed by atoms with Crippen LogP contribution in [0.2, 0.25) is 0 Å². The summed E-state index contributed by atoms with van der Waals surface area (Å²) in [5.41, 5.74) is 0.356. The lowest BCUT2D eigenvalue weighted by atomic mass is 9.49. The van der Waals surface area contributed by atoms with Crippen molar-refractivity contribution in [2.24, 2.45) is 22.7 Å². The van der Waals surface area contributed by atoms with Gasteiger partial charge in [-0.25, -0.2) is 0 Å². The fourth-order valence-corrected chi connectivity index (χ4v) is 7.04. The van der Waals surface area contributed by atoms with Gasteiger partial charge in [0.1, 0.15) is 12.2 Å². The summed E-state index contributed by atoms with van der Waals surface area (Å²) in [5.74, 6) is -2.80. The van der Waals surface area contributed by atoms with E-state index in [4.69, 9.17) is 14.2 Å². The molecule has 0 unspecified atom stereocenters. The minimum atomic E-state index is -0.915. The van der Waals surface area contributed by atoms with E-state index in [9.17, 15) is 24.6 Å². The first-order chi connectivity index (χ1) is 15.6. The topological polar surface area (TPSA) is 119 Å². The molecule has 3 aliphatic carbocycles. The van der Waals surface area contributed by atoms with Crippen LogP contribution >= 0.6 is 0 Å². The normalized spacial score (nSPS) is 39.3. The van der Waals surface area contributed by atoms with Gasteiger partial charge in [-0.05, 0) is 42.7 Å². The van der Waals surface area contributed by atoms with E-state index in [0.717, 1.165) is 11.1 Å². The van der Waals surface area contributed by atoms with Crippen molar-refractivity contribution in [2.75, 3.05) is 0 Å². The van der Waals surface area contributed by atoms with E-state index in [1.54, 1.807) is 0 Å². The third-order valence-electron chi connectivity index (χ3n) is 8.19. The Kier molecular flexibility index (Phi) is 7.08. The lowest BCUT2D eigenvalue weighted by Crippen LogP contribution is -2.65. The van der Waals surface area contributed by atoms with Crippen LogP contribution in [0.1, 0.15) is 67.7 Å². The van der Waals surface area contributed by atoms with Gasteiger partial charge in [-0.15, -0.1) is 0 Å². The van der Waals surface area contributed by atoms with E-state index >= 15 is 0 Å². The van der Waals surface area contributed by atoms with Crippen molar-refractivity contribution >= 4 is 17.9 Å². The zero-order valence-electron chi connectivity index (χ0n) is 21.2. The van der Waals surface area contributed by atoms with Crippen molar-refractivity contribution < 1.29 is 38.8 Å². The van der Waals surface area contributed by atoms with Crippen LogP contribution in [0.25, 0.3) is 0 Å². The minimum absolute atomic E-state index is 0.282. The smallest absolute Gasteiger partial charge is 0.303 e. The predicted octanol–water partition coefficient (Wildman–Crippen LogP) is 2.85. The molecule has 8 atom stereocenters. The van der Waals surface area contributed by atoms with Gasteiger partial charge in [-0.1, -0.05) is 32.9 Å². The van der Waals surface area contributed by atoms with Gasteiger partial charge >= 0.3 is 17.9 Å². The van der Waals surface area contributed by atoms with Crippen LogP contribution in [0.15, 0.2) is 23.3 Å². The molecule has 8 heteroatoms. The molecule has 2 fully saturated rings. The molecule has 0 amide bonds. The van der Waals surface area contributed by atoms with E-state index in [0.29, 0.717) is 18.4 Å². The van der Waals surface area contributed by atoms with Gasteiger partial charge in [-0.2, -0.15) is 0 Å². The number of hydrogen-bond donors (Lipinski definition) is 2. The van der Waals surface area contributed by atoms with Crippen LogP contribution in [0.5, 0.6) is 0 Å². The number of ether oxygens (including phenoxy) is 3. The van der Waals surface area contributed by atoms with Gasteiger partial charge in [0.05, 0.1) is 12.2 Å². The highest BCUT2D eigenvalue weighted by Crippen LogP contribution is 2.60. The molecular weight excluding hydrogens is 440 g/mol. The first-order valence-corrected chi connectivity index (χ1v) is 11.9. The maximum absolute atomic E-state index is 12.4. The highest BCUT2D eigenvalue weighted by atomic mass is 16.6. The van der Waals surface area contributed by atoms with E-state index in [-0.39, 0.29) is 6.42 Å². The Bertz CT molecular complexity index is 918. The summed E-state index contributed by atoms with van der Waals surface area (Å²) in [6, 6.07) is 0. The Morgan fingerprint density at radius 1 is 0.971 bits per heavy atom. The second-order valence-corrected chi connectivity index (χ2v) is 11.0. The first-order valence-electron chi connectivity index (χ1n) is 11.9. The first kappa shape index (κ1) is 26.4. The summed E-state index contributed by atoms with van der Waals surface area (Å²) < 4.78 is 17.8. The molecule has 0 heterocycles. The number of aliphatic hydroxyl groups excluding tert-OH is 2. The Morgan fingerprint density at radius 3 is 2.06 bits per heavy atom. The molecule has 3 rings (SSSR count). The third kappa shape index (κ3) is 4.31. The summed E-state index contributed by atoms with van der Waals surface area (Å²) >= 11 is 0. The second-order valence-electron chi connectivity index (χ2n) is 11.0. The van der Waals surface area contributed by atoms with Crippen molar-refractivity contribution in [2.45, 2.75) is 98.2 Å². The van der Waals surface area contributed by atoms with E-state index in [1.807, 2.05) is 27.7 Å². The van der Waals surface area contributed by atoms with Crippen molar-refractivity contribution in [3.8, 4) is 0 Å². The molecule has 3 aliphatic rings. The molecule has 0 aliphatic heterocycles. The van der Waals surface area contributed by atoms with E-state index < -0.39 is 71.1 Å². The maximum Gasteiger partial charge on any atom is 0.303 e. The maximum atomic E-state index is 12.4. The van der Waals surface area contributed by atoms with Crippen LogP contribution in [-0.2, 0) is 28.6 Å². The van der Waals surface area contributed by atoms with Crippen LogP contribution in [-0.4, -0.2) is 58.6 Å². The van der Waals surface area contributed by atoms with E-state index in [1.165, 1.54) is 20.8 Å². The molecule has 190 valence electrons. The molecule has 0 aromatic carbocycles. The van der Waals surface area contributed by atoms with Gasteiger partial charge in [-0.3, -0.25) is 14.4 Å². The molecular formula is C26H38O8. The quantitative estimate of drug-likeness (QED) is 0.361. The lowest BCUT2D eigenvalue weighted by Gasteiger charge is -2.60.